The molecule has 0 bridgehead atoms. The maximum absolute atomic E-state index is 13.2. The third-order valence-electron chi connectivity index (χ3n) is 2.58. The molecule has 0 aliphatic carbocycles. The Bertz CT molecular complexity index is 659. The Morgan fingerprint density at radius 1 is 1.00 bits per heavy atom. The predicted molar refractivity (Wildman–Crippen MR) is 63.9 cm³/mol. The minimum absolute atomic E-state index is 0.0647. The SMILES string of the molecule is O=Cc1c(OC(F)(F)F)cccc1-c1cc(F)cc(F)c1. The van der Waals surface area contributed by atoms with E-state index in [-0.39, 0.29) is 17.4 Å². The molecule has 0 N–H and O–H groups in total. The van der Waals surface area contributed by atoms with E-state index < -0.39 is 29.3 Å². The summed E-state index contributed by atoms with van der Waals surface area (Å²) < 4.78 is 66.9. The molecule has 21 heavy (non-hydrogen) atoms. The number of halogens is 5. The van der Waals surface area contributed by atoms with Crippen LogP contribution in [-0.4, -0.2) is 12.6 Å². The molecule has 0 fully saturated rings. The summed E-state index contributed by atoms with van der Waals surface area (Å²) in [6.45, 7) is 0. The Kier molecular flexibility index (Phi) is 3.93. The van der Waals surface area contributed by atoms with Gasteiger partial charge in [0.2, 0.25) is 0 Å². The Hall–Kier alpha value is -2.44. The van der Waals surface area contributed by atoms with Crippen LogP contribution in [0.4, 0.5) is 22.0 Å². The van der Waals surface area contributed by atoms with Crippen LogP contribution in [0.2, 0.25) is 0 Å². The van der Waals surface area contributed by atoms with Gasteiger partial charge in [0, 0.05) is 6.07 Å². The van der Waals surface area contributed by atoms with Crippen molar-refractivity contribution in [3.8, 4) is 16.9 Å². The van der Waals surface area contributed by atoms with Crippen molar-refractivity contribution in [1.82, 2.24) is 0 Å². The van der Waals surface area contributed by atoms with Crippen LogP contribution in [0, 0.1) is 11.6 Å². The van der Waals surface area contributed by atoms with Gasteiger partial charge in [-0.15, -0.1) is 13.2 Å². The molecule has 0 saturated carbocycles. The molecule has 0 atom stereocenters. The largest absolute Gasteiger partial charge is 0.573 e. The molecule has 2 aromatic rings. The first kappa shape index (κ1) is 15.0. The number of carbonyl (C=O) groups excluding carboxylic acids is 1. The Balaban J connectivity index is 2.59. The zero-order valence-corrected chi connectivity index (χ0v) is 10.2. The van der Waals surface area contributed by atoms with Gasteiger partial charge in [0.05, 0.1) is 5.56 Å². The van der Waals surface area contributed by atoms with Crippen LogP contribution in [0.3, 0.4) is 0 Å². The molecule has 2 aromatic carbocycles. The second-order valence-corrected chi connectivity index (χ2v) is 4.04. The molecule has 0 aliphatic rings. The van der Waals surface area contributed by atoms with Crippen molar-refractivity contribution >= 4 is 6.29 Å². The van der Waals surface area contributed by atoms with Gasteiger partial charge in [-0.3, -0.25) is 4.79 Å². The van der Waals surface area contributed by atoms with Gasteiger partial charge >= 0.3 is 6.36 Å². The summed E-state index contributed by atoms with van der Waals surface area (Å²) in [6, 6.07) is 5.81. The van der Waals surface area contributed by atoms with Crippen LogP contribution in [0.25, 0.3) is 11.1 Å². The third-order valence-corrected chi connectivity index (χ3v) is 2.58. The molecular formula is C14H7F5O2. The minimum Gasteiger partial charge on any atom is -0.405 e. The van der Waals surface area contributed by atoms with Gasteiger partial charge in [0.15, 0.2) is 6.29 Å². The first-order valence-corrected chi connectivity index (χ1v) is 5.60. The first-order valence-electron chi connectivity index (χ1n) is 5.60. The van der Waals surface area contributed by atoms with Gasteiger partial charge < -0.3 is 4.74 Å². The highest BCUT2D eigenvalue weighted by molar-refractivity contribution is 5.91. The minimum atomic E-state index is -4.98. The normalized spacial score (nSPS) is 11.3. The van der Waals surface area contributed by atoms with Crippen molar-refractivity contribution in [2.75, 3.05) is 0 Å². The second kappa shape index (κ2) is 5.51. The number of hydrogen-bond donors (Lipinski definition) is 0. The molecule has 0 aromatic heterocycles. The molecule has 0 unspecified atom stereocenters. The monoisotopic (exact) mass is 302 g/mol. The fraction of sp³-hybridized carbons (Fsp3) is 0.0714. The summed E-state index contributed by atoms with van der Waals surface area (Å²) >= 11 is 0. The highest BCUT2D eigenvalue weighted by Crippen LogP contribution is 2.33. The maximum Gasteiger partial charge on any atom is 0.573 e. The van der Waals surface area contributed by atoms with Gasteiger partial charge in [0.1, 0.15) is 17.4 Å². The summed E-state index contributed by atoms with van der Waals surface area (Å²) in [4.78, 5) is 11.0. The molecule has 0 saturated heterocycles. The van der Waals surface area contributed by atoms with Crippen molar-refractivity contribution in [1.29, 1.82) is 0 Å². The lowest BCUT2D eigenvalue weighted by atomic mass is 9.99. The van der Waals surface area contributed by atoms with Crippen LogP contribution in [0.5, 0.6) is 5.75 Å². The zero-order chi connectivity index (χ0) is 15.6. The lowest BCUT2D eigenvalue weighted by Crippen LogP contribution is -2.18. The smallest absolute Gasteiger partial charge is 0.405 e. The van der Waals surface area contributed by atoms with E-state index >= 15 is 0 Å². The summed E-state index contributed by atoms with van der Waals surface area (Å²) in [7, 11) is 0. The molecule has 0 spiro atoms. The van der Waals surface area contributed by atoms with Crippen LogP contribution in [0.1, 0.15) is 10.4 Å². The number of benzene rings is 2. The predicted octanol–water partition coefficient (Wildman–Crippen LogP) is 4.34. The maximum atomic E-state index is 13.2. The van der Waals surface area contributed by atoms with Crippen molar-refractivity contribution in [2.24, 2.45) is 0 Å². The number of hydrogen-bond acceptors (Lipinski definition) is 2. The van der Waals surface area contributed by atoms with E-state index in [2.05, 4.69) is 4.74 Å². The van der Waals surface area contributed by atoms with Crippen LogP contribution in [0.15, 0.2) is 36.4 Å². The van der Waals surface area contributed by atoms with Gasteiger partial charge in [-0.2, -0.15) is 0 Å². The molecular weight excluding hydrogens is 295 g/mol. The van der Waals surface area contributed by atoms with Gasteiger partial charge in [-0.1, -0.05) is 12.1 Å². The van der Waals surface area contributed by atoms with E-state index in [4.69, 9.17) is 0 Å². The van der Waals surface area contributed by atoms with Crippen LogP contribution in [-0.2, 0) is 0 Å². The second-order valence-electron chi connectivity index (χ2n) is 4.04. The number of alkyl halides is 3. The number of rotatable bonds is 3. The van der Waals surface area contributed by atoms with Crippen LogP contribution >= 0.6 is 0 Å². The van der Waals surface area contributed by atoms with Crippen molar-refractivity contribution in [2.45, 2.75) is 6.36 Å². The molecule has 2 rings (SSSR count). The van der Waals surface area contributed by atoms with Crippen molar-refractivity contribution < 1.29 is 31.5 Å². The average molecular weight is 302 g/mol. The molecule has 110 valence electrons. The molecule has 7 heteroatoms. The van der Waals surface area contributed by atoms with E-state index in [1.165, 1.54) is 12.1 Å². The fourth-order valence-corrected chi connectivity index (χ4v) is 1.84. The first-order chi connectivity index (χ1) is 9.80. The van der Waals surface area contributed by atoms with Crippen molar-refractivity contribution in [3.05, 3.63) is 53.6 Å². The standard InChI is InChI=1S/C14H7F5O2/c15-9-4-8(5-10(16)6-9)11-2-1-3-13(12(11)7-20)21-14(17,18)19/h1-7H. The third kappa shape index (κ3) is 3.56. The summed E-state index contributed by atoms with van der Waals surface area (Å²) in [5.74, 6) is -2.56. The van der Waals surface area contributed by atoms with E-state index in [1.807, 2.05) is 0 Å². The average Bonchev–Trinajstić information content (AvgIpc) is 2.35. The topological polar surface area (TPSA) is 26.3 Å². The van der Waals surface area contributed by atoms with Crippen LogP contribution < -0.4 is 4.74 Å². The quantitative estimate of drug-likeness (QED) is 0.622. The summed E-state index contributed by atoms with van der Waals surface area (Å²) in [5.41, 5.74) is -0.577. The molecule has 0 radical (unpaired) electrons. The summed E-state index contributed by atoms with van der Waals surface area (Å²) in [6.07, 6.45) is -4.84. The van der Waals surface area contributed by atoms with E-state index in [1.54, 1.807) is 0 Å². The van der Waals surface area contributed by atoms with Gasteiger partial charge in [-0.25, -0.2) is 8.78 Å². The molecule has 0 aliphatic heterocycles. The number of aldehydes is 1. The Morgan fingerprint density at radius 3 is 2.14 bits per heavy atom. The van der Waals surface area contributed by atoms with Crippen molar-refractivity contribution in [3.63, 3.8) is 0 Å². The highest BCUT2D eigenvalue weighted by atomic mass is 19.4. The Morgan fingerprint density at radius 2 is 1.62 bits per heavy atom. The molecule has 0 heterocycles. The lowest BCUT2D eigenvalue weighted by molar-refractivity contribution is -0.274. The zero-order valence-electron chi connectivity index (χ0n) is 10.2. The van der Waals surface area contributed by atoms with E-state index in [9.17, 15) is 26.7 Å². The number of ether oxygens (including phenoxy) is 1. The summed E-state index contributed by atoms with van der Waals surface area (Å²) in [5, 5.41) is 0. The van der Waals surface area contributed by atoms with E-state index in [0.29, 0.717) is 6.07 Å². The fourth-order valence-electron chi connectivity index (χ4n) is 1.84. The highest BCUT2D eigenvalue weighted by Gasteiger charge is 2.32. The van der Waals surface area contributed by atoms with E-state index in [0.717, 1.165) is 18.2 Å². The lowest BCUT2D eigenvalue weighted by Gasteiger charge is -2.13. The number of carbonyl (C=O) groups is 1. The molecule has 2 nitrogen and oxygen atoms in total. The Labute approximate surface area is 115 Å². The molecule has 0 amide bonds. The van der Waals surface area contributed by atoms with Gasteiger partial charge in [0.25, 0.3) is 0 Å². The van der Waals surface area contributed by atoms with Gasteiger partial charge in [-0.05, 0) is 29.3 Å².